The van der Waals surface area contributed by atoms with Crippen LogP contribution in [0.25, 0.3) is 0 Å². The molecule has 2 unspecified atom stereocenters. The second-order valence-corrected chi connectivity index (χ2v) is 4.36. The van der Waals surface area contributed by atoms with Crippen LogP contribution in [-0.2, 0) is 9.47 Å². The zero-order valence-electron chi connectivity index (χ0n) is 10.3. The van der Waals surface area contributed by atoms with E-state index in [1.54, 1.807) is 7.11 Å². The molecule has 1 heterocycles. The Hall–Kier alpha value is -0.980. The first-order valence-corrected chi connectivity index (χ1v) is 5.94. The van der Waals surface area contributed by atoms with Gasteiger partial charge in [0.2, 0.25) is 0 Å². The second kappa shape index (κ2) is 5.57. The number of rotatable bonds is 6. The SMILES string of the molecule is COC(C)c1nc(C(N)COC2CCC2)no1. The lowest BCUT2D eigenvalue weighted by molar-refractivity contribution is -0.00549. The zero-order chi connectivity index (χ0) is 12.3. The molecule has 6 nitrogen and oxygen atoms in total. The Bertz CT molecular complexity index is 351. The van der Waals surface area contributed by atoms with Crippen molar-refractivity contribution in [2.45, 2.75) is 44.4 Å². The van der Waals surface area contributed by atoms with Gasteiger partial charge in [0.1, 0.15) is 6.10 Å². The summed E-state index contributed by atoms with van der Waals surface area (Å²) >= 11 is 0. The number of hydrogen-bond donors (Lipinski definition) is 1. The summed E-state index contributed by atoms with van der Waals surface area (Å²) in [4.78, 5) is 4.19. The van der Waals surface area contributed by atoms with Gasteiger partial charge in [-0.25, -0.2) is 0 Å². The van der Waals surface area contributed by atoms with E-state index in [1.807, 2.05) is 6.92 Å². The van der Waals surface area contributed by atoms with Crippen molar-refractivity contribution in [3.63, 3.8) is 0 Å². The van der Waals surface area contributed by atoms with Gasteiger partial charge in [-0.2, -0.15) is 4.98 Å². The molecule has 1 fully saturated rings. The van der Waals surface area contributed by atoms with Crippen LogP contribution in [0.5, 0.6) is 0 Å². The van der Waals surface area contributed by atoms with Crippen LogP contribution in [0.2, 0.25) is 0 Å². The zero-order valence-corrected chi connectivity index (χ0v) is 10.3. The van der Waals surface area contributed by atoms with Crippen molar-refractivity contribution in [1.29, 1.82) is 0 Å². The quantitative estimate of drug-likeness (QED) is 0.809. The smallest absolute Gasteiger partial charge is 0.255 e. The highest BCUT2D eigenvalue weighted by Crippen LogP contribution is 2.23. The molecule has 1 aromatic heterocycles. The summed E-state index contributed by atoms with van der Waals surface area (Å²) in [5, 5.41) is 3.84. The van der Waals surface area contributed by atoms with Gasteiger partial charge >= 0.3 is 0 Å². The van der Waals surface area contributed by atoms with Gasteiger partial charge in [-0.3, -0.25) is 0 Å². The van der Waals surface area contributed by atoms with E-state index in [9.17, 15) is 0 Å². The average Bonchev–Trinajstić information content (AvgIpc) is 2.75. The fourth-order valence-corrected chi connectivity index (χ4v) is 1.52. The Morgan fingerprint density at radius 1 is 1.53 bits per heavy atom. The molecule has 0 aromatic carbocycles. The molecule has 17 heavy (non-hydrogen) atoms. The summed E-state index contributed by atoms with van der Waals surface area (Å²) < 4.78 is 15.8. The largest absolute Gasteiger partial charge is 0.376 e. The number of nitrogens with two attached hydrogens (primary N) is 1. The van der Waals surface area contributed by atoms with Gasteiger partial charge in [0.25, 0.3) is 5.89 Å². The molecule has 2 atom stereocenters. The summed E-state index contributed by atoms with van der Waals surface area (Å²) in [6.07, 6.45) is 3.66. The maximum atomic E-state index is 5.93. The minimum Gasteiger partial charge on any atom is -0.376 e. The highest BCUT2D eigenvalue weighted by molar-refractivity contribution is 4.94. The molecule has 0 saturated heterocycles. The molecule has 0 aliphatic heterocycles. The molecule has 2 rings (SSSR count). The predicted molar refractivity (Wildman–Crippen MR) is 60.2 cm³/mol. The number of methoxy groups -OCH3 is 1. The molecule has 0 amide bonds. The molecule has 1 aromatic rings. The molecular formula is C11H19N3O3. The maximum absolute atomic E-state index is 5.93. The van der Waals surface area contributed by atoms with Gasteiger partial charge < -0.3 is 19.7 Å². The molecule has 2 N–H and O–H groups in total. The summed E-state index contributed by atoms with van der Waals surface area (Å²) in [5.41, 5.74) is 5.93. The van der Waals surface area contributed by atoms with Crippen molar-refractivity contribution >= 4 is 0 Å². The third-order valence-corrected chi connectivity index (χ3v) is 3.05. The first-order chi connectivity index (χ1) is 8.20. The van der Waals surface area contributed by atoms with E-state index < -0.39 is 0 Å². The third kappa shape index (κ3) is 3.02. The Morgan fingerprint density at radius 3 is 2.88 bits per heavy atom. The first-order valence-electron chi connectivity index (χ1n) is 5.94. The van der Waals surface area contributed by atoms with Crippen LogP contribution in [0.1, 0.15) is 50.0 Å². The van der Waals surface area contributed by atoms with Gasteiger partial charge in [-0.1, -0.05) is 5.16 Å². The Balaban J connectivity index is 1.85. The summed E-state index contributed by atoms with van der Waals surface area (Å²) in [6.45, 7) is 2.28. The number of aromatic nitrogens is 2. The molecule has 0 radical (unpaired) electrons. The van der Waals surface area contributed by atoms with Crippen LogP contribution in [0.15, 0.2) is 4.52 Å². The lowest BCUT2D eigenvalue weighted by Crippen LogP contribution is -2.27. The number of ether oxygens (including phenoxy) is 2. The van der Waals surface area contributed by atoms with Crippen molar-refractivity contribution in [3.05, 3.63) is 11.7 Å². The molecule has 1 aliphatic rings. The normalized spacial score (nSPS) is 19.9. The lowest BCUT2D eigenvalue weighted by atomic mass is 9.96. The van der Waals surface area contributed by atoms with E-state index in [1.165, 1.54) is 6.42 Å². The summed E-state index contributed by atoms with van der Waals surface area (Å²) in [7, 11) is 1.59. The maximum Gasteiger partial charge on any atom is 0.255 e. The highest BCUT2D eigenvalue weighted by atomic mass is 16.5. The van der Waals surface area contributed by atoms with Crippen LogP contribution in [-0.4, -0.2) is 30.0 Å². The van der Waals surface area contributed by atoms with Crippen molar-refractivity contribution in [1.82, 2.24) is 10.1 Å². The standard InChI is InChI=1S/C11H19N3O3/c1-7(15-2)11-13-10(14-17-11)9(12)6-16-8-4-3-5-8/h7-9H,3-6,12H2,1-2H3. The minimum atomic E-state index is -0.336. The van der Waals surface area contributed by atoms with Crippen LogP contribution >= 0.6 is 0 Å². The fourth-order valence-electron chi connectivity index (χ4n) is 1.52. The van der Waals surface area contributed by atoms with E-state index in [0.717, 1.165) is 12.8 Å². The molecule has 0 bridgehead atoms. The van der Waals surface area contributed by atoms with Gasteiger partial charge in [0, 0.05) is 7.11 Å². The Kier molecular flexibility index (Phi) is 4.09. The third-order valence-electron chi connectivity index (χ3n) is 3.05. The average molecular weight is 241 g/mol. The Morgan fingerprint density at radius 2 is 2.29 bits per heavy atom. The van der Waals surface area contributed by atoms with E-state index in [2.05, 4.69) is 10.1 Å². The van der Waals surface area contributed by atoms with E-state index in [-0.39, 0.29) is 12.1 Å². The summed E-state index contributed by atoms with van der Waals surface area (Å²) in [5.74, 6) is 0.921. The van der Waals surface area contributed by atoms with Gasteiger partial charge in [-0.15, -0.1) is 0 Å². The van der Waals surface area contributed by atoms with Gasteiger partial charge in [0.15, 0.2) is 5.82 Å². The second-order valence-electron chi connectivity index (χ2n) is 4.36. The fraction of sp³-hybridized carbons (Fsp3) is 0.818. The number of hydrogen-bond acceptors (Lipinski definition) is 6. The molecule has 96 valence electrons. The van der Waals surface area contributed by atoms with Crippen molar-refractivity contribution < 1.29 is 14.0 Å². The van der Waals surface area contributed by atoms with Crippen LogP contribution in [0, 0.1) is 0 Å². The van der Waals surface area contributed by atoms with Crippen LogP contribution < -0.4 is 5.73 Å². The predicted octanol–water partition coefficient (Wildman–Crippen LogP) is 1.35. The van der Waals surface area contributed by atoms with Crippen LogP contribution in [0.4, 0.5) is 0 Å². The monoisotopic (exact) mass is 241 g/mol. The number of nitrogens with zero attached hydrogens (tertiary/aromatic N) is 2. The molecule has 6 heteroatoms. The van der Waals surface area contributed by atoms with Crippen molar-refractivity contribution in [3.8, 4) is 0 Å². The molecule has 0 spiro atoms. The molecule has 1 aliphatic carbocycles. The first kappa shape index (κ1) is 12.5. The summed E-state index contributed by atoms with van der Waals surface area (Å²) in [6, 6.07) is -0.336. The minimum absolute atomic E-state index is 0.212. The van der Waals surface area contributed by atoms with E-state index in [4.69, 9.17) is 19.7 Å². The lowest BCUT2D eigenvalue weighted by Gasteiger charge is -2.26. The van der Waals surface area contributed by atoms with Gasteiger partial charge in [-0.05, 0) is 26.2 Å². The molecular weight excluding hydrogens is 222 g/mol. The Labute approximate surface area is 100 Å². The van der Waals surface area contributed by atoms with Crippen LogP contribution in [0.3, 0.4) is 0 Å². The van der Waals surface area contributed by atoms with E-state index >= 15 is 0 Å². The topological polar surface area (TPSA) is 83.4 Å². The van der Waals surface area contributed by atoms with Crippen molar-refractivity contribution in [2.24, 2.45) is 5.73 Å². The van der Waals surface area contributed by atoms with Crippen molar-refractivity contribution in [2.75, 3.05) is 13.7 Å². The highest BCUT2D eigenvalue weighted by Gasteiger charge is 2.22. The van der Waals surface area contributed by atoms with Gasteiger partial charge in [0.05, 0.1) is 18.8 Å². The molecule has 1 saturated carbocycles. The van der Waals surface area contributed by atoms with E-state index in [0.29, 0.717) is 24.4 Å².